The van der Waals surface area contributed by atoms with E-state index in [-0.39, 0.29) is 17.4 Å². The van der Waals surface area contributed by atoms with E-state index in [1.807, 2.05) is 30.5 Å². The minimum absolute atomic E-state index is 0.233. The molecule has 0 saturated carbocycles. The van der Waals surface area contributed by atoms with Crippen LogP contribution in [0.25, 0.3) is 11.8 Å². The van der Waals surface area contributed by atoms with E-state index in [0.29, 0.717) is 5.69 Å². The summed E-state index contributed by atoms with van der Waals surface area (Å²) >= 11 is 0. The van der Waals surface area contributed by atoms with Crippen LogP contribution in [-0.2, 0) is 4.79 Å². The molecule has 3 amide bonds. The number of rotatable bonds is 2. The van der Waals surface area contributed by atoms with Gasteiger partial charge in [-0.25, -0.2) is 9.18 Å². The van der Waals surface area contributed by atoms with Gasteiger partial charge < -0.3 is 9.88 Å². The highest BCUT2D eigenvalue weighted by Crippen LogP contribution is 2.24. The monoisotopic (exact) mass is 313 g/mol. The SMILES string of the molecule is Cc1cc(/C=C2/NC(=O)N(C)C2=O)c(C)n1-c1cccc(F)c1. The number of aromatic nitrogens is 1. The Bertz CT molecular complexity index is 852. The molecule has 1 aromatic carbocycles. The lowest BCUT2D eigenvalue weighted by molar-refractivity contribution is -0.121. The fourth-order valence-corrected chi connectivity index (χ4v) is 2.73. The number of hydrogen-bond acceptors (Lipinski definition) is 2. The molecule has 1 aliphatic heterocycles. The molecule has 0 unspecified atom stereocenters. The number of imide groups is 1. The number of carbonyl (C=O) groups is 2. The van der Waals surface area contributed by atoms with E-state index in [2.05, 4.69) is 5.32 Å². The van der Waals surface area contributed by atoms with E-state index in [4.69, 9.17) is 0 Å². The van der Waals surface area contributed by atoms with Crippen LogP contribution in [0, 0.1) is 19.7 Å². The molecule has 2 heterocycles. The fourth-order valence-electron chi connectivity index (χ4n) is 2.73. The molecule has 0 aliphatic carbocycles. The minimum Gasteiger partial charge on any atom is -0.318 e. The van der Waals surface area contributed by atoms with Gasteiger partial charge in [0.2, 0.25) is 0 Å². The van der Waals surface area contributed by atoms with Crippen LogP contribution in [0.15, 0.2) is 36.0 Å². The lowest BCUT2D eigenvalue weighted by atomic mass is 10.2. The summed E-state index contributed by atoms with van der Waals surface area (Å²) in [5, 5.41) is 2.54. The first-order valence-electron chi connectivity index (χ1n) is 7.14. The van der Waals surface area contributed by atoms with Gasteiger partial charge in [0.25, 0.3) is 5.91 Å². The van der Waals surface area contributed by atoms with Crippen molar-refractivity contribution >= 4 is 18.0 Å². The Balaban J connectivity index is 2.06. The van der Waals surface area contributed by atoms with Crippen molar-refractivity contribution < 1.29 is 14.0 Å². The van der Waals surface area contributed by atoms with E-state index in [0.717, 1.165) is 21.9 Å². The van der Waals surface area contributed by atoms with Crippen molar-refractivity contribution in [1.29, 1.82) is 0 Å². The Morgan fingerprint density at radius 2 is 1.91 bits per heavy atom. The van der Waals surface area contributed by atoms with Crippen LogP contribution in [0.5, 0.6) is 0 Å². The molecule has 1 aliphatic rings. The molecule has 5 nitrogen and oxygen atoms in total. The first kappa shape index (κ1) is 15.0. The van der Waals surface area contributed by atoms with Gasteiger partial charge >= 0.3 is 6.03 Å². The average Bonchev–Trinajstić information content (AvgIpc) is 2.91. The van der Waals surface area contributed by atoms with Crippen molar-refractivity contribution in [2.45, 2.75) is 13.8 Å². The number of aryl methyl sites for hydroxylation is 1. The highest BCUT2D eigenvalue weighted by Gasteiger charge is 2.30. The van der Waals surface area contributed by atoms with Crippen molar-refractivity contribution in [3.05, 3.63) is 58.8 Å². The van der Waals surface area contributed by atoms with E-state index < -0.39 is 6.03 Å². The van der Waals surface area contributed by atoms with Crippen molar-refractivity contribution in [2.75, 3.05) is 7.05 Å². The summed E-state index contributed by atoms with van der Waals surface area (Å²) < 4.78 is 15.4. The van der Waals surface area contributed by atoms with Gasteiger partial charge in [-0.05, 0) is 49.8 Å². The number of likely N-dealkylation sites (N-methyl/N-ethyl adjacent to an activating group) is 1. The molecule has 3 rings (SSSR count). The number of urea groups is 1. The summed E-state index contributed by atoms with van der Waals surface area (Å²) in [6.07, 6.45) is 1.64. The van der Waals surface area contributed by atoms with Crippen molar-refractivity contribution in [3.8, 4) is 5.69 Å². The van der Waals surface area contributed by atoms with E-state index >= 15 is 0 Å². The van der Waals surface area contributed by atoms with Crippen molar-refractivity contribution in [2.24, 2.45) is 0 Å². The third-order valence-electron chi connectivity index (χ3n) is 3.92. The predicted molar refractivity (Wildman–Crippen MR) is 84.5 cm³/mol. The van der Waals surface area contributed by atoms with Crippen LogP contribution in [0.2, 0.25) is 0 Å². The zero-order valence-corrected chi connectivity index (χ0v) is 13.1. The predicted octanol–water partition coefficient (Wildman–Crippen LogP) is 2.76. The lowest BCUT2D eigenvalue weighted by Gasteiger charge is -2.09. The molecule has 0 bridgehead atoms. The molecule has 0 spiro atoms. The number of carbonyl (C=O) groups excluding carboxylic acids is 2. The Hall–Kier alpha value is -2.89. The molecular formula is C17H16FN3O2. The quantitative estimate of drug-likeness (QED) is 0.684. The van der Waals surface area contributed by atoms with Gasteiger partial charge in [0.15, 0.2) is 0 Å². The topological polar surface area (TPSA) is 54.3 Å². The molecule has 118 valence electrons. The maximum absolute atomic E-state index is 13.5. The van der Waals surface area contributed by atoms with E-state index in [1.54, 1.807) is 12.1 Å². The standard InChI is InChI=1S/C17H16FN3O2/c1-10-7-12(8-15-16(22)20(3)17(23)19-15)11(2)21(10)14-6-4-5-13(18)9-14/h4-9H,1-3H3,(H,19,23)/b15-8+. The second-order valence-electron chi connectivity index (χ2n) is 5.49. The van der Waals surface area contributed by atoms with Gasteiger partial charge in [-0.2, -0.15) is 0 Å². The summed E-state index contributed by atoms with van der Waals surface area (Å²) in [4.78, 5) is 24.5. The zero-order chi connectivity index (χ0) is 16.7. The van der Waals surface area contributed by atoms with Gasteiger partial charge in [0, 0.05) is 24.1 Å². The van der Waals surface area contributed by atoms with Crippen LogP contribution in [0.1, 0.15) is 17.0 Å². The average molecular weight is 313 g/mol. The smallest absolute Gasteiger partial charge is 0.318 e. The summed E-state index contributed by atoms with van der Waals surface area (Å²) in [6, 6.07) is 7.76. The largest absolute Gasteiger partial charge is 0.328 e. The number of halogens is 1. The number of hydrogen-bond donors (Lipinski definition) is 1. The maximum atomic E-state index is 13.5. The molecule has 2 aromatic rings. The van der Waals surface area contributed by atoms with Crippen LogP contribution in [-0.4, -0.2) is 28.5 Å². The van der Waals surface area contributed by atoms with Crippen molar-refractivity contribution in [1.82, 2.24) is 14.8 Å². The Morgan fingerprint density at radius 1 is 1.17 bits per heavy atom. The molecule has 23 heavy (non-hydrogen) atoms. The molecule has 6 heteroatoms. The molecule has 1 N–H and O–H groups in total. The summed E-state index contributed by atoms with van der Waals surface area (Å²) in [6.45, 7) is 3.79. The second-order valence-corrected chi connectivity index (χ2v) is 5.49. The van der Waals surface area contributed by atoms with Crippen LogP contribution >= 0.6 is 0 Å². The third kappa shape index (κ3) is 2.52. The summed E-state index contributed by atoms with van der Waals surface area (Å²) in [5.74, 6) is -0.680. The van der Waals surface area contributed by atoms with E-state index in [1.165, 1.54) is 19.2 Å². The normalized spacial score (nSPS) is 16.3. The molecular weight excluding hydrogens is 297 g/mol. The minimum atomic E-state index is -0.444. The number of nitrogens with one attached hydrogen (secondary N) is 1. The van der Waals surface area contributed by atoms with Gasteiger partial charge in [-0.15, -0.1) is 0 Å². The van der Waals surface area contributed by atoms with Gasteiger partial charge in [-0.3, -0.25) is 9.69 Å². The van der Waals surface area contributed by atoms with Gasteiger partial charge in [-0.1, -0.05) is 6.07 Å². The van der Waals surface area contributed by atoms with Gasteiger partial charge in [0.05, 0.1) is 0 Å². The van der Waals surface area contributed by atoms with Crippen molar-refractivity contribution in [3.63, 3.8) is 0 Å². The molecule has 0 radical (unpaired) electrons. The second kappa shape index (κ2) is 5.39. The summed E-state index contributed by atoms with van der Waals surface area (Å²) in [7, 11) is 1.43. The van der Waals surface area contributed by atoms with E-state index in [9.17, 15) is 14.0 Å². The Morgan fingerprint density at radius 3 is 2.52 bits per heavy atom. The summed E-state index contributed by atoms with van der Waals surface area (Å²) in [5.41, 5.74) is 3.51. The van der Waals surface area contributed by atoms with Gasteiger partial charge in [0.1, 0.15) is 11.5 Å². The molecule has 0 atom stereocenters. The highest BCUT2D eigenvalue weighted by molar-refractivity contribution is 6.13. The highest BCUT2D eigenvalue weighted by atomic mass is 19.1. The fraction of sp³-hybridized carbons (Fsp3) is 0.176. The lowest BCUT2D eigenvalue weighted by Crippen LogP contribution is -2.25. The zero-order valence-electron chi connectivity index (χ0n) is 13.1. The van der Waals surface area contributed by atoms with Crippen LogP contribution in [0.4, 0.5) is 9.18 Å². The molecule has 1 fully saturated rings. The number of amides is 3. The number of benzene rings is 1. The van der Waals surface area contributed by atoms with Crippen LogP contribution in [0.3, 0.4) is 0 Å². The number of nitrogens with zero attached hydrogens (tertiary/aromatic N) is 2. The Labute approximate surface area is 133 Å². The molecule has 1 saturated heterocycles. The third-order valence-corrected chi connectivity index (χ3v) is 3.92. The van der Waals surface area contributed by atoms with Crippen LogP contribution < -0.4 is 5.32 Å². The first-order chi connectivity index (χ1) is 10.9. The maximum Gasteiger partial charge on any atom is 0.328 e. The molecule has 1 aromatic heterocycles. The Kier molecular flexibility index (Phi) is 3.52. The first-order valence-corrected chi connectivity index (χ1v) is 7.14.